The molecular formula is C11H11B. The molecule has 2 rings (SSSR count). The standard InChI is InChI=1S/C11H11B/c1-3-7-11(8-4-1)12-9-5-2-6-10-12/h1-9H,10H2. The Morgan fingerprint density at radius 3 is 2.50 bits per heavy atom. The summed E-state index contributed by atoms with van der Waals surface area (Å²) in [6.45, 7) is 0.594. The van der Waals surface area contributed by atoms with Gasteiger partial charge in [0.25, 0.3) is 0 Å². The van der Waals surface area contributed by atoms with Crippen molar-refractivity contribution < 1.29 is 0 Å². The number of hydrogen-bond donors (Lipinski definition) is 0. The molecular weight excluding hydrogens is 143 g/mol. The summed E-state index contributed by atoms with van der Waals surface area (Å²) in [7, 11) is 0. The Morgan fingerprint density at radius 1 is 1.00 bits per heavy atom. The van der Waals surface area contributed by atoms with E-state index >= 15 is 0 Å². The smallest absolute Gasteiger partial charge is 0.110 e. The minimum atomic E-state index is 0.594. The van der Waals surface area contributed by atoms with E-state index in [0.29, 0.717) is 6.71 Å². The predicted octanol–water partition coefficient (Wildman–Crippen LogP) is 2.05. The molecule has 0 fully saturated rings. The van der Waals surface area contributed by atoms with E-state index in [1.807, 2.05) is 0 Å². The Labute approximate surface area is 73.7 Å². The highest BCUT2D eigenvalue weighted by atomic mass is 13.9. The summed E-state index contributed by atoms with van der Waals surface area (Å²) in [6, 6.07) is 10.6. The van der Waals surface area contributed by atoms with E-state index in [1.165, 1.54) is 5.46 Å². The highest BCUT2D eigenvalue weighted by molar-refractivity contribution is 6.78. The predicted molar refractivity (Wildman–Crippen MR) is 54.9 cm³/mol. The topological polar surface area (TPSA) is 0 Å². The second-order valence-electron chi connectivity index (χ2n) is 3.07. The van der Waals surface area contributed by atoms with Crippen molar-refractivity contribution >= 4 is 12.2 Å². The summed E-state index contributed by atoms with van der Waals surface area (Å²) in [5, 5.41) is 0. The van der Waals surface area contributed by atoms with Crippen LogP contribution < -0.4 is 5.46 Å². The monoisotopic (exact) mass is 154 g/mol. The fourth-order valence-electron chi connectivity index (χ4n) is 1.53. The minimum Gasteiger partial charge on any atom is -0.110 e. The zero-order valence-corrected chi connectivity index (χ0v) is 6.98. The lowest BCUT2D eigenvalue weighted by Gasteiger charge is -2.08. The molecule has 0 bridgehead atoms. The molecule has 1 aliphatic heterocycles. The molecule has 58 valence electrons. The van der Waals surface area contributed by atoms with E-state index in [-0.39, 0.29) is 0 Å². The number of rotatable bonds is 1. The van der Waals surface area contributed by atoms with Gasteiger partial charge in [-0.2, -0.15) is 0 Å². The van der Waals surface area contributed by atoms with Gasteiger partial charge in [-0.25, -0.2) is 0 Å². The number of hydrogen-bond acceptors (Lipinski definition) is 0. The van der Waals surface area contributed by atoms with Crippen molar-refractivity contribution in [3.63, 3.8) is 0 Å². The lowest BCUT2D eigenvalue weighted by atomic mass is 9.42. The van der Waals surface area contributed by atoms with Gasteiger partial charge in [0.1, 0.15) is 0 Å². The van der Waals surface area contributed by atoms with Crippen molar-refractivity contribution in [3.05, 3.63) is 54.5 Å². The van der Waals surface area contributed by atoms with Gasteiger partial charge in [0, 0.05) is 0 Å². The maximum atomic E-state index is 2.26. The second kappa shape index (κ2) is 3.44. The average Bonchev–Trinajstić information content (AvgIpc) is 2.21. The SMILES string of the molecule is C1=CCB(c2ccccc2)C=C1. The molecule has 0 N–H and O–H groups in total. The van der Waals surface area contributed by atoms with Crippen molar-refractivity contribution in [3.8, 4) is 0 Å². The molecule has 0 unspecified atom stereocenters. The molecule has 1 heterocycles. The van der Waals surface area contributed by atoms with E-state index in [2.05, 4.69) is 54.5 Å². The van der Waals surface area contributed by atoms with Crippen LogP contribution in [0.25, 0.3) is 0 Å². The Bertz CT molecular complexity index is 298. The molecule has 1 heteroatoms. The zero-order valence-electron chi connectivity index (χ0n) is 6.98. The first-order chi connectivity index (χ1) is 5.97. The molecule has 0 spiro atoms. The summed E-state index contributed by atoms with van der Waals surface area (Å²) >= 11 is 0. The van der Waals surface area contributed by atoms with Crippen molar-refractivity contribution in [2.45, 2.75) is 6.32 Å². The minimum absolute atomic E-state index is 0.594. The molecule has 1 aromatic carbocycles. The van der Waals surface area contributed by atoms with Crippen LogP contribution in [0.15, 0.2) is 54.5 Å². The van der Waals surface area contributed by atoms with E-state index in [0.717, 1.165) is 6.32 Å². The highest BCUT2D eigenvalue weighted by Crippen LogP contribution is 2.03. The number of benzene rings is 1. The maximum absolute atomic E-state index is 2.26. The third-order valence-electron chi connectivity index (χ3n) is 2.21. The molecule has 0 aromatic heterocycles. The Morgan fingerprint density at radius 2 is 1.83 bits per heavy atom. The van der Waals surface area contributed by atoms with Gasteiger partial charge >= 0.3 is 0 Å². The summed E-state index contributed by atoms with van der Waals surface area (Å²) in [6.07, 6.45) is 7.60. The van der Waals surface area contributed by atoms with Crippen LogP contribution >= 0.6 is 0 Å². The molecule has 0 nitrogen and oxygen atoms in total. The van der Waals surface area contributed by atoms with Crippen LogP contribution in [0.1, 0.15) is 0 Å². The highest BCUT2D eigenvalue weighted by Gasteiger charge is 2.11. The van der Waals surface area contributed by atoms with Crippen LogP contribution in [0.3, 0.4) is 0 Å². The lowest BCUT2D eigenvalue weighted by molar-refractivity contribution is 1.60. The average molecular weight is 154 g/mol. The van der Waals surface area contributed by atoms with Crippen molar-refractivity contribution in [1.29, 1.82) is 0 Å². The summed E-state index contributed by atoms with van der Waals surface area (Å²) in [4.78, 5) is 0. The van der Waals surface area contributed by atoms with Crippen LogP contribution in [-0.4, -0.2) is 6.71 Å². The summed E-state index contributed by atoms with van der Waals surface area (Å²) in [5.41, 5.74) is 1.41. The first-order valence-electron chi connectivity index (χ1n) is 4.35. The summed E-state index contributed by atoms with van der Waals surface area (Å²) < 4.78 is 0. The number of allylic oxidation sites excluding steroid dienone is 3. The van der Waals surface area contributed by atoms with Crippen LogP contribution in [0.4, 0.5) is 0 Å². The Kier molecular flexibility index (Phi) is 2.13. The molecule has 1 aromatic rings. The largest absolute Gasteiger partial charge is 0.204 e. The zero-order chi connectivity index (χ0) is 8.23. The van der Waals surface area contributed by atoms with Crippen LogP contribution in [-0.2, 0) is 0 Å². The van der Waals surface area contributed by atoms with Gasteiger partial charge in [0.2, 0.25) is 6.71 Å². The first-order valence-corrected chi connectivity index (χ1v) is 4.35. The Balaban J connectivity index is 2.21. The lowest BCUT2D eigenvalue weighted by Crippen LogP contribution is -2.27. The van der Waals surface area contributed by atoms with E-state index in [1.54, 1.807) is 0 Å². The van der Waals surface area contributed by atoms with E-state index < -0.39 is 0 Å². The molecule has 0 radical (unpaired) electrons. The molecule has 0 amide bonds. The van der Waals surface area contributed by atoms with Gasteiger partial charge in [0.15, 0.2) is 0 Å². The van der Waals surface area contributed by atoms with E-state index in [9.17, 15) is 0 Å². The molecule has 0 saturated heterocycles. The first kappa shape index (κ1) is 7.42. The summed E-state index contributed by atoms with van der Waals surface area (Å²) in [5.74, 6) is 2.26. The van der Waals surface area contributed by atoms with Crippen LogP contribution in [0.5, 0.6) is 0 Å². The molecule has 1 aliphatic rings. The normalized spacial score (nSPS) is 15.2. The maximum Gasteiger partial charge on any atom is 0.204 e. The van der Waals surface area contributed by atoms with Crippen molar-refractivity contribution in [2.75, 3.05) is 0 Å². The second-order valence-corrected chi connectivity index (χ2v) is 3.07. The van der Waals surface area contributed by atoms with Crippen LogP contribution in [0, 0.1) is 0 Å². The van der Waals surface area contributed by atoms with Crippen molar-refractivity contribution in [1.82, 2.24) is 0 Å². The quantitative estimate of drug-likeness (QED) is 0.543. The van der Waals surface area contributed by atoms with Gasteiger partial charge in [-0.3, -0.25) is 0 Å². The third-order valence-corrected chi connectivity index (χ3v) is 2.21. The van der Waals surface area contributed by atoms with Gasteiger partial charge in [-0.05, 0) is 6.32 Å². The molecule has 0 atom stereocenters. The van der Waals surface area contributed by atoms with E-state index in [4.69, 9.17) is 0 Å². The van der Waals surface area contributed by atoms with Gasteiger partial charge in [-0.15, -0.1) is 5.98 Å². The Hall–Kier alpha value is -1.24. The van der Waals surface area contributed by atoms with Crippen molar-refractivity contribution in [2.24, 2.45) is 0 Å². The fraction of sp³-hybridized carbons (Fsp3) is 0.0909. The van der Waals surface area contributed by atoms with Gasteiger partial charge < -0.3 is 0 Å². The van der Waals surface area contributed by atoms with Gasteiger partial charge in [-0.1, -0.05) is 54.0 Å². The molecule has 12 heavy (non-hydrogen) atoms. The van der Waals surface area contributed by atoms with Crippen LogP contribution in [0.2, 0.25) is 6.32 Å². The molecule has 0 aliphatic carbocycles. The van der Waals surface area contributed by atoms with Gasteiger partial charge in [0.05, 0.1) is 0 Å². The molecule has 0 saturated carbocycles. The third kappa shape index (κ3) is 1.50. The fourth-order valence-corrected chi connectivity index (χ4v) is 1.53.